The van der Waals surface area contributed by atoms with Crippen LogP contribution in [0.5, 0.6) is 5.75 Å². The summed E-state index contributed by atoms with van der Waals surface area (Å²) in [7, 11) is 1.66. The third kappa shape index (κ3) is 3.48. The molecular weight excluding hydrogens is 204 g/mol. The van der Waals surface area contributed by atoms with Gasteiger partial charge >= 0.3 is 0 Å². The third-order valence-corrected chi connectivity index (χ3v) is 2.53. The fourth-order valence-corrected chi connectivity index (χ4v) is 1.53. The highest BCUT2D eigenvalue weighted by molar-refractivity contribution is 5.35. The van der Waals surface area contributed by atoms with Crippen molar-refractivity contribution in [1.82, 2.24) is 5.32 Å². The Labute approximate surface area is 96.4 Å². The first-order valence-corrected chi connectivity index (χ1v) is 5.41. The molecule has 0 radical (unpaired) electrons. The minimum Gasteiger partial charge on any atom is -0.496 e. The van der Waals surface area contributed by atoms with E-state index in [2.05, 4.69) is 5.32 Å². The molecule has 90 valence electrons. The van der Waals surface area contributed by atoms with Crippen LogP contribution in [0, 0.1) is 0 Å². The van der Waals surface area contributed by atoms with Crippen LogP contribution in [0.4, 0.5) is 0 Å². The average molecular weight is 224 g/mol. The third-order valence-electron chi connectivity index (χ3n) is 2.53. The monoisotopic (exact) mass is 224 g/mol. The molecule has 1 rings (SSSR count). The molecule has 0 fully saturated rings. The number of nitrogens with two attached hydrogens (primary N) is 1. The number of aliphatic hydroxyl groups is 1. The minimum absolute atomic E-state index is 0.00829. The zero-order chi connectivity index (χ0) is 12.0. The molecule has 0 saturated heterocycles. The highest BCUT2D eigenvalue weighted by Gasteiger charge is 2.11. The molecular formula is C12H20N2O2. The van der Waals surface area contributed by atoms with Crippen LogP contribution in [0.2, 0.25) is 0 Å². The molecule has 1 aromatic rings. The first-order chi connectivity index (χ1) is 7.69. The number of nitrogens with one attached hydrogen (secondary N) is 1. The van der Waals surface area contributed by atoms with Crippen LogP contribution < -0.4 is 15.8 Å². The first-order valence-electron chi connectivity index (χ1n) is 5.41. The second kappa shape index (κ2) is 6.48. The van der Waals surface area contributed by atoms with Gasteiger partial charge in [-0.2, -0.15) is 0 Å². The maximum atomic E-state index is 8.83. The molecule has 1 aromatic carbocycles. The SMILES string of the molecule is COc1ccccc1[C@H](C)NC[C@H](N)CO. The van der Waals surface area contributed by atoms with Crippen molar-refractivity contribution in [2.45, 2.75) is 19.0 Å². The lowest BCUT2D eigenvalue weighted by Gasteiger charge is -2.18. The van der Waals surface area contributed by atoms with Crippen LogP contribution >= 0.6 is 0 Å². The van der Waals surface area contributed by atoms with E-state index in [-0.39, 0.29) is 18.7 Å². The molecule has 0 saturated carbocycles. The average Bonchev–Trinajstić information content (AvgIpc) is 2.35. The van der Waals surface area contributed by atoms with E-state index in [1.54, 1.807) is 7.11 Å². The molecule has 0 aromatic heterocycles. The van der Waals surface area contributed by atoms with E-state index >= 15 is 0 Å². The molecule has 4 N–H and O–H groups in total. The standard InChI is InChI=1S/C12H20N2O2/c1-9(14-7-10(13)8-15)11-5-3-4-6-12(11)16-2/h3-6,9-10,14-15H,7-8,13H2,1-2H3/t9-,10-/m0/s1. The molecule has 0 aliphatic rings. The molecule has 0 bridgehead atoms. The predicted octanol–water partition coefficient (Wildman–Crippen LogP) is 0.665. The number of rotatable bonds is 6. The van der Waals surface area contributed by atoms with Crippen molar-refractivity contribution in [2.24, 2.45) is 5.73 Å². The number of ether oxygens (including phenoxy) is 1. The summed E-state index contributed by atoms with van der Waals surface area (Å²) in [6.45, 7) is 2.61. The Morgan fingerprint density at radius 1 is 1.44 bits per heavy atom. The lowest BCUT2D eigenvalue weighted by Crippen LogP contribution is -2.37. The van der Waals surface area contributed by atoms with E-state index in [1.807, 2.05) is 31.2 Å². The Bertz CT molecular complexity index is 318. The molecule has 0 unspecified atom stereocenters. The summed E-state index contributed by atoms with van der Waals surface area (Å²) < 4.78 is 5.28. The van der Waals surface area contributed by atoms with Crippen molar-refractivity contribution in [3.8, 4) is 5.75 Å². The van der Waals surface area contributed by atoms with Gasteiger partial charge in [0.15, 0.2) is 0 Å². The maximum Gasteiger partial charge on any atom is 0.123 e. The summed E-state index contributed by atoms with van der Waals surface area (Å²) in [4.78, 5) is 0. The smallest absolute Gasteiger partial charge is 0.123 e. The molecule has 2 atom stereocenters. The Morgan fingerprint density at radius 3 is 2.75 bits per heavy atom. The van der Waals surface area contributed by atoms with Gasteiger partial charge in [0.1, 0.15) is 5.75 Å². The van der Waals surface area contributed by atoms with Crippen LogP contribution in [0.25, 0.3) is 0 Å². The van der Waals surface area contributed by atoms with Gasteiger partial charge in [-0.1, -0.05) is 18.2 Å². The molecule has 0 spiro atoms. The second-order valence-corrected chi connectivity index (χ2v) is 3.81. The van der Waals surface area contributed by atoms with Crippen LogP contribution in [0.1, 0.15) is 18.5 Å². The maximum absolute atomic E-state index is 8.83. The van der Waals surface area contributed by atoms with Crippen LogP contribution in [-0.4, -0.2) is 31.4 Å². The van der Waals surface area contributed by atoms with Crippen molar-refractivity contribution in [3.63, 3.8) is 0 Å². The van der Waals surface area contributed by atoms with Gasteiger partial charge in [0, 0.05) is 24.2 Å². The normalized spacial score (nSPS) is 14.5. The predicted molar refractivity (Wildman–Crippen MR) is 64.5 cm³/mol. The van der Waals surface area contributed by atoms with Crippen LogP contribution in [0.15, 0.2) is 24.3 Å². The van der Waals surface area contributed by atoms with Crippen LogP contribution in [0.3, 0.4) is 0 Å². The van der Waals surface area contributed by atoms with E-state index in [1.165, 1.54) is 0 Å². The Kier molecular flexibility index (Phi) is 5.25. The number of para-hydroxylation sites is 1. The van der Waals surface area contributed by atoms with Crippen LogP contribution in [-0.2, 0) is 0 Å². The van der Waals surface area contributed by atoms with E-state index in [4.69, 9.17) is 15.6 Å². The number of aliphatic hydroxyl groups excluding tert-OH is 1. The van der Waals surface area contributed by atoms with Crippen molar-refractivity contribution in [3.05, 3.63) is 29.8 Å². The Morgan fingerprint density at radius 2 is 2.12 bits per heavy atom. The highest BCUT2D eigenvalue weighted by Crippen LogP contribution is 2.23. The van der Waals surface area contributed by atoms with Gasteiger partial charge in [-0.25, -0.2) is 0 Å². The molecule has 0 aliphatic carbocycles. The summed E-state index contributed by atoms with van der Waals surface area (Å²) >= 11 is 0. The summed E-state index contributed by atoms with van der Waals surface area (Å²) in [6.07, 6.45) is 0. The summed E-state index contributed by atoms with van der Waals surface area (Å²) in [6, 6.07) is 7.78. The Hall–Kier alpha value is -1.10. The topological polar surface area (TPSA) is 67.5 Å². The minimum atomic E-state index is -0.225. The highest BCUT2D eigenvalue weighted by atomic mass is 16.5. The lowest BCUT2D eigenvalue weighted by molar-refractivity contribution is 0.259. The quantitative estimate of drug-likeness (QED) is 0.664. The molecule has 4 heteroatoms. The summed E-state index contributed by atoms with van der Waals surface area (Å²) in [5.41, 5.74) is 6.72. The summed E-state index contributed by atoms with van der Waals surface area (Å²) in [5.74, 6) is 0.861. The lowest BCUT2D eigenvalue weighted by atomic mass is 10.1. The van der Waals surface area contributed by atoms with Gasteiger partial charge in [-0.3, -0.25) is 0 Å². The molecule has 4 nitrogen and oxygen atoms in total. The molecule has 0 heterocycles. The fourth-order valence-electron chi connectivity index (χ4n) is 1.53. The van der Waals surface area contributed by atoms with Gasteiger partial charge in [0.25, 0.3) is 0 Å². The number of methoxy groups -OCH3 is 1. The number of hydrogen-bond acceptors (Lipinski definition) is 4. The summed E-state index contributed by atoms with van der Waals surface area (Å²) in [5, 5.41) is 12.1. The van der Waals surface area contributed by atoms with Crippen molar-refractivity contribution >= 4 is 0 Å². The Balaban J connectivity index is 2.61. The molecule has 16 heavy (non-hydrogen) atoms. The first kappa shape index (κ1) is 13.0. The van der Waals surface area contributed by atoms with E-state index in [9.17, 15) is 0 Å². The van der Waals surface area contributed by atoms with Crippen molar-refractivity contribution in [2.75, 3.05) is 20.3 Å². The van der Waals surface area contributed by atoms with Crippen molar-refractivity contribution in [1.29, 1.82) is 0 Å². The zero-order valence-electron chi connectivity index (χ0n) is 9.81. The molecule has 0 amide bonds. The van der Waals surface area contributed by atoms with Gasteiger partial charge < -0.3 is 20.9 Å². The van der Waals surface area contributed by atoms with Gasteiger partial charge in [-0.15, -0.1) is 0 Å². The number of hydrogen-bond donors (Lipinski definition) is 3. The zero-order valence-corrected chi connectivity index (χ0v) is 9.81. The van der Waals surface area contributed by atoms with E-state index < -0.39 is 0 Å². The number of benzene rings is 1. The van der Waals surface area contributed by atoms with Gasteiger partial charge in [0.2, 0.25) is 0 Å². The fraction of sp³-hybridized carbons (Fsp3) is 0.500. The van der Waals surface area contributed by atoms with E-state index in [0.29, 0.717) is 6.54 Å². The van der Waals surface area contributed by atoms with Crippen molar-refractivity contribution < 1.29 is 9.84 Å². The van der Waals surface area contributed by atoms with Gasteiger partial charge in [0.05, 0.1) is 13.7 Å². The largest absolute Gasteiger partial charge is 0.496 e. The van der Waals surface area contributed by atoms with Gasteiger partial charge in [-0.05, 0) is 13.0 Å². The van der Waals surface area contributed by atoms with E-state index in [0.717, 1.165) is 11.3 Å². The second-order valence-electron chi connectivity index (χ2n) is 3.81. The molecule has 0 aliphatic heterocycles.